The summed E-state index contributed by atoms with van der Waals surface area (Å²) in [5, 5.41) is 9.37. The molecule has 0 radical (unpaired) electrons. The zero-order valence-electron chi connectivity index (χ0n) is 22.7. The molecule has 39 heavy (non-hydrogen) atoms. The molecule has 5 nitrogen and oxygen atoms in total. The first kappa shape index (κ1) is 27.1. The van der Waals surface area contributed by atoms with Crippen molar-refractivity contribution in [2.45, 2.75) is 70.8 Å². The fourth-order valence-corrected chi connectivity index (χ4v) is 6.15. The summed E-state index contributed by atoms with van der Waals surface area (Å²) in [5.74, 6) is -0.522. The number of carboxylic acid groups (broad SMARTS) is 1. The molecule has 0 spiro atoms. The SMILES string of the molecule is COc1cc(-c2cc(F)c(COc3cccc([C@@H](CC(=O)O)C4CC4)c3)cc2[C@H]2CCCC2(C)C)c(F)cn1. The molecular formula is C32H35F2NO4. The van der Waals surface area contributed by atoms with Crippen LogP contribution in [0.1, 0.15) is 80.9 Å². The van der Waals surface area contributed by atoms with Gasteiger partial charge in [-0.2, -0.15) is 0 Å². The second-order valence-electron chi connectivity index (χ2n) is 11.6. The lowest BCUT2D eigenvalue weighted by molar-refractivity contribution is -0.137. The van der Waals surface area contributed by atoms with E-state index in [4.69, 9.17) is 9.47 Å². The lowest BCUT2D eigenvalue weighted by Crippen LogP contribution is -2.17. The minimum atomic E-state index is -0.814. The van der Waals surface area contributed by atoms with Crippen molar-refractivity contribution in [3.63, 3.8) is 0 Å². The lowest BCUT2D eigenvalue weighted by Gasteiger charge is -2.30. The van der Waals surface area contributed by atoms with Crippen LogP contribution in [-0.4, -0.2) is 23.2 Å². The number of nitrogens with zero attached hydrogens (tertiary/aromatic N) is 1. The van der Waals surface area contributed by atoms with Gasteiger partial charge in [0.15, 0.2) is 0 Å². The molecule has 2 saturated carbocycles. The van der Waals surface area contributed by atoms with E-state index >= 15 is 4.39 Å². The van der Waals surface area contributed by atoms with Gasteiger partial charge in [-0.15, -0.1) is 0 Å². The maximum absolute atomic E-state index is 15.6. The van der Waals surface area contributed by atoms with Crippen molar-refractivity contribution in [2.75, 3.05) is 7.11 Å². The van der Waals surface area contributed by atoms with Gasteiger partial charge in [-0.25, -0.2) is 13.8 Å². The Bertz CT molecular complexity index is 1370. The van der Waals surface area contributed by atoms with Crippen LogP contribution in [0, 0.1) is 23.0 Å². The van der Waals surface area contributed by atoms with E-state index in [2.05, 4.69) is 18.8 Å². The molecule has 0 saturated heterocycles. The Balaban J connectivity index is 1.47. The monoisotopic (exact) mass is 535 g/mol. The molecule has 1 N–H and O–H groups in total. The smallest absolute Gasteiger partial charge is 0.303 e. The Morgan fingerprint density at radius 1 is 1.10 bits per heavy atom. The predicted molar refractivity (Wildman–Crippen MR) is 145 cm³/mol. The molecular weight excluding hydrogens is 500 g/mol. The highest BCUT2D eigenvalue weighted by molar-refractivity contribution is 5.70. The second kappa shape index (κ2) is 10.9. The molecule has 0 bridgehead atoms. The average Bonchev–Trinajstić information content (AvgIpc) is 3.69. The maximum atomic E-state index is 15.6. The van der Waals surface area contributed by atoms with E-state index in [1.165, 1.54) is 19.2 Å². The van der Waals surface area contributed by atoms with E-state index in [1.807, 2.05) is 24.3 Å². The highest BCUT2D eigenvalue weighted by Gasteiger charge is 2.38. The number of pyridine rings is 1. The molecule has 0 unspecified atom stereocenters. The van der Waals surface area contributed by atoms with E-state index in [0.29, 0.717) is 22.8 Å². The van der Waals surface area contributed by atoms with Crippen molar-refractivity contribution in [1.82, 2.24) is 4.98 Å². The Labute approximate surface area is 228 Å². The summed E-state index contributed by atoms with van der Waals surface area (Å²) < 4.78 is 41.8. The summed E-state index contributed by atoms with van der Waals surface area (Å²) in [6.07, 6.45) is 6.28. The van der Waals surface area contributed by atoms with E-state index in [0.717, 1.165) is 49.4 Å². The first-order valence-electron chi connectivity index (χ1n) is 13.6. The van der Waals surface area contributed by atoms with Crippen LogP contribution in [0.4, 0.5) is 8.78 Å². The molecule has 2 aliphatic rings. The molecule has 5 rings (SSSR count). The number of ether oxygens (including phenoxy) is 2. The number of rotatable bonds is 10. The van der Waals surface area contributed by atoms with Crippen LogP contribution in [0.15, 0.2) is 48.7 Å². The molecule has 2 aliphatic carbocycles. The van der Waals surface area contributed by atoms with Crippen molar-refractivity contribution in [3.8, 4) is 22.8 Å². The number of methoxy groups -OCH3 is 1. The van der Waals surface area contributed by atoms with Crippen LogP contribution in [0.3, 0.4) is 0 Å². The number of aliphatic carboxylic acids is 1. The number of aromatic nitrogens is 1. The molecule has 7 heteroatoms. The third kappa shape index (κ3) is 5.92. The zero-order valence-corrected chi connectivity index (χ0v) is 22.7. The number of carboxylic acids is 1. The minimum Gasteiger partial charge on any atom is -0.489 e. The van der Waals surface area contributed by atoms with Gasteiger partial charge in [-0.1, -0.05) is 32.4 Å². The normalized spacial score (nSPS) is 19.1. The van der Waals surface area contributed by atoms with Crippen LogP contribution in [0.25, 0.3) is 11.1 Å². The van der Waals surface area contributed by atoms with Gasteiger partial charge in [-0.05, 0) is 89.8 Å². The van der Waals surface area contributed by atoms with Crippen LogP contribution >= 0.6 is 0 Å². The Morgan fingerprint density at radius 2 is 1.90 bits per heavy atom. The molecule has 2 fully saturated rings. The topological polar surface area (TPSA) is 68.7 Å². The predicted octanol–water partition coefficient (Wildman–Crippen LogP) is 7.88. The number of hydrogen-bond acceptors (Lipinski definition) is 4. The van der Waals surface area contributed by atoms with Gasteiger partial charge in [0.05, 0.1) is 19.7 Å². The molecule has 2 atom stereocenters. The van der Waals surface area contributed by atoms with Crippen molar-refractivity contribution in [1.29, 1.82) is 0 Å². The largest absolute Gasteiger partial charge is 0.489 e. The standard InChI is InChI=1S/C32H35F2NO4/c1-32(2)11-5-8-27(32)25-13-21(28(33)14-24(25)26-15-30(38-3)35-17-29(26)34)18-39-22-7-4-6-20(12-22)23(16-31(36)37)19-9-10-19/h4,6-7,12-15,17,19,23,27H,5,8-11,16,18H2,1-3H3,(H,36,37)/t23-,27+/m0/s1. The van der Waals surface area contributed by atoms with Gasteiger partial charge >= 0.3 is 5.97 Å². The Morgan fingerprint density at radius 3 is 2.56 bits per heavy atom. The number of hydrogen-bond donors (Lipinski definition) is 1. The summed E-state index contributed by atoms with van der Waals surface area (Å²) in [5.41, 5.74) is 2.99. The molecule has 1 aromatic heterocycles. The van der Waals surface area contributed by atoms with Gasteiger partial charge in [0.1, 0.15) is 24.0 Å². The maximum Gasteiger partial charge on any atom is 0.303 e. The van der Waals surface area contributed by atoms with E-state index in [9.17, 15) is 14.3 Å². The number of benzene rings is 2. The second-order valence-corrected chi connectivity index (χ2v) is 11.6. The highest BCUT2D eigenvalue weighted by atomic mass is 19.1. The summed E-state index contributed by atoms with van der Waals surface area (Å²) in [6.45, 7) is 4.41. The first-order chi connectivity index (χ1) is 18.7. The number of carbonyl (C=O) groups is 1. The number of halogens is 2. The summed E-state index contributed by atoms with van der Waals surface area (Å²) >= 11 is 0. The van der Waals surface area contributed by atoms with Crippen LogP contribution in [0.5, 0.6) is 11.6 Å². The van der Waals surface area contributed by atoms with Crippen molar-refractivity contribution in [3.05, 3.63) is 77.0 Å². The zero-order chi connectivity index (χ0) is 27.7. The van der Waals surface area contributed by atoms with Gasteiger partial charge in [-0.3, -0.25) is 4.79 Å². The van der Waals surface area contributed by atoms with Crippen molar-refractivity contribution < 1.29 is 28.2 Å². The molecule has 0 amide bonds. The van der Waals surface area contributed by atoms with Gasteiger partial charge in [0.25, 0.3) is 0 Å². The van der Waals surface area contributed by atoms with Crippen LogP contribution in [0.2, 0.25) is 0 Å². The van der Waals surface area contributed by atoms with E-state index in [1.54, 1.807) is 6.07 Å². The Kier molecular flexibility index (Phi) is 7.61. The third-order valence-electron chi connectivity index (χ3n) is 8.45. The Hall–Kier alpha value is -3.48. The highest BCUT2D eigenvalue weighted by Crippen LogP contribution is 2.52. The summed E-state index contributed by atoms with van der Waals surface area (Å²) in [7, 11) is 1.47. The summed E-state index contributed by atoms with van der Waals surface area (Å²) in [6, 6.07) is 12.2. The third-order valence-corrected chi connectivity index (χ3v) is 8.45. The van der Waals surface area contributed by atoms with Crippen LogP contribution in [-0.2, 0) is 11.4 Å². The minimum absolute atomic E-state index is 0.00485. The van der Waals surface area contributed by atoms with Gasteiger partial charge in [0.2, 0.25) is 5.88 Å². The van der Waals surface area contributed by atoms with E-state index < -0.39 is 17.6 Å². The molecule has 3 aromatic rings. The summed E-state index contributed by atoms with van der Waals surface area (Å²) in [4.78, 5) is 15.4. The van der Waals surface area contributed by atoms with E-state index in [-0.39, 0.29) is 41.7 Å². The first-order valence-corrected chi connectivity index (χ1v) is 13.6. The van der Waals surface area contributed by atoms with Crippen LogP contribution < -0.4 is 9.47 Å². The van der Waals surface area contributed by atoms with Crippen molar-refractivity contribution in [2.24, 2.45) is 11.3 Å². The molecule has 0 aliphatic heterocycles. The quantitative estimate of drug-likeness (QED) is 0.286. The molecule has 206 valence electrons. The molecule has 1 heterocycles. The fraction of sp³-hybridized carbons (Fsp3) is 0.438. The fourth-order valence-electron chi connectivity index (χ4n) is 6.15. The average molecular weight is 536 g/mol. The van der Waals surface area contributed by atoms with Gasteiger partial charge in [0, 0.05) is 17.2 Å². The van der Waals surface area contributed by atoms with Crippen molar-refractivity contribution >= 4 is 5.97 Å². The lowest BCUT2D eigenvalue weighted by atomic mass is 9.75. The molecule has 2 aromatic carbocycles. The van der Waals surface area contributed by atoms with Gasteiger partial charge < -0.3 is 14.6 Å².